The zero-order valence-corrected chi connectivity index (χ0v) is 20.5. The zero-order valence-electron chi connectivity index (χ0n) is 20.5. The van der Waals surface area contributed by atoms with E-state index in [0.717, 1.165) is 18.4 Å². The molecule has 3 amide bonds. The summed E-state index contributed by atoms with van der Waals surface area (Å²) < 4.78 is 5.14. The molecule has 8 heteroatoms. The predicted octanol–water partition coefficient (Wildman–Crippen LogP) is 2.65. The molecule has 33 heavy (non-hydrogen) atoms. The first-order chi connectivity index (χ1) is 15.5. The van der Waals surface area contributed by atoms with Crippen molar-refractivity contribution in [1.29, 1.82) is 0 Å². The summed E-state index contributed by atoms with van der Waals surface area (Å²) in [5.41, 5.74) is 0.617. The Morgan fingerprint density at radius 2 is 1.64 bits per heavy atom. The van der Waals surface area contributed by atoms with Crippen LogP contribution in [0.2, 0.25) is 0 Å². The fourth-order valence-corrected chi connectivity index (χ4v) is 3.01. The van der Waals surface area contributed by atoms with Gasteiger partial charge in [-0.3, -0.25) is 14.4 Å². The lowest BCUT2D eigenvalue weighted by atomic mass is 10.1. The Hall–Kier alpha value is -2.90. The molecule has 184 valence electrons. The van der Waals surface area contributed by atoms with E-state index < -0.39 is 29.5 Å². The number of carbonyl (C=O) groups is 4. The molecule has 2 atom stereocenters. The number of benzene rings is 1. The standard InChI is InChI=1S/C25H39N3O5/c1-6-7-17-33-24(32)18(2)26-23(31)20(14-16-22(30)28-25(3,4)5)27-21(29)15-13-19-11-9-8-10-12-19/h8-12,18,20H,6-7,13-17H2,1-5H3,(H,26,31)(H,27,29)(H,28,30)/t18-,20-/m0/s1. The lowest BCUT2D eigenvalue weighted by molar-refractivity contribution is -0.147. The predicted molar refractivity (Wildman–Crippen MR) is 127 cm³/mol. The summed E-state index contributed by atoms with van der Waals surface area (Å²) in [5.74, 6) is -1.57. The summed E-state index contributed by atoms with van der Waals surface area (Å²) in [4.78, 5) is 49.7. The van der Waals surface area contributed by atoms with Crippen molar-refractivity contribution in [3.63, 3.8) is 0 Å². The molecular weight excluding hydrogens is 422 g/mol. The average Bonchev–Trinajstić information content (AvgIpc) is 2.74. The summed E-state index contributed by atoms with van der Waals surface area (Å²) in [6, 6.07) is 7.77. The first-order valence-electron chi connectivity index (χ1n) is 11.6. The first-order valence-corrected chi connectivity index (χ1v) is 11.6. The molecule has 0 fully saturated rings. The third kappa shape index (κ3) is 12.7. The van der Waals surface area contributed by atoms with Crippen LogP contribution in [-0.4, -0.2) is 47.9 Å². The quantitative estimate of drug-likeness (QED) is 0.309. The molecule has 0 aliphatic carbocycles. The van der Waals surface area contributed by atoms with Gasteiger partial charge in [0.15, 0.2) is 0 Å². The highest BCUT2D eigenvalue weighted by atomic mass is 16.5. The number of unbranched alkanes of at least 4 members (excludes halogenated alkanes) is 1. The van der Waals surface area contributed by atoms with Crippen molar-refractivity contribution in [2.45, 2.75) is 90.8 Å². The van der Waals surface area contributed by atoms with Crippen LogP contribution >= 0.6 is 0 Å². The van der Waals surface area contributed by atoms with Gasteiger partial charge < -0.3 is 20.7 Å². The molecule has 8 nitrogen and oxygen atoms in total. The molecule has 1 aromatic carbocycles. The summed E-state index contributed by atoms with van der Waals surface area (Å²) in [6.07, 6.45) is 2.55. The molecule has 0 aliphatic rings. The van der Waals surface area contributed by atoms with Crippen LogP contribution in [0.3, 0.4) is 0 Å². The van der Waals surface area contributed by atoms with E-state index in [9.17, 15) is 19.2 Å². The van der Waals surface area contributed by atoms with Gasteiger partial charge in [0.1, 0.15) is 12.1 Å². The minimum Gasteiger partial charge on any atom is -0.464 e. The highest BCUT2D eigenvalue weighted by molar-refractivity contribution is 5.91. The maximum atomic E-state index is 12.8. The number of aryl methyl sites for hydroxylation is 1. The molecule has 0 bridgehead atoms. The van der Waals surface area contributed by atoms with Crippen LogP contribution < -0.4 is 16.0 Å². The summed E-state index contributed by atoms with van der Waals surface area (Å²) in [6.45, 7) is 9.42. The van der Waals surface area contributed by atoms with E-state index in [4.69, 9.17) is 4.74 Å². The molecule has 1 aromatic rings. The number of esters is 1. The topological polar surface area (TPSA) is 114 Å². The van der Waals surface area contributed by atoms with Gasteiger partial charge >= 0.3 is 5.97 Å². The average molecular weight is 462 g/mol. The zero-order chi connectivity index (χ0) is 24.9. The van der Waals surface area contributed by atoms with Gasteiger partial charge in [0.25, 0.3) is 0 Å². The van der Waals surface area contributed by atoms with E-state index in [1.807, 2.05) is 58.0 Å². The first kappa shape index (κ1) is 28.1. The molecule has 3 N–H and O–H groups in total. The highest BCUT2D eigenvalue weighted by Gasteiger charge is 2.26. The van der Waals surface area contributed by atoms with Crippen LogP contribution in [-0.2, 0) is 30.3 Å². The second-order valence-corrected chi connectivity index (χ2v) is 9.19. The maximum Gasteiger partial charge on any atom is 0.328 e. The summed E-state index contributed by atoms with van der Waals surface area (Å²) in [7, 11) is 0. The molecular formula is C25H39N3O5. The minimum absolute atomic E-state index is 0.0592. The molecule has 0 saturated heterocycles. The van der Waals surface area contributed by atoms with Gasteiger partial charge in [-0.05, 0) is 52.5 Å². The van der Waals surface area contributed by atoms with E-state index in [0.29, 0.717) is 13.0 Å². The fraction of sp³-hybridized carbons (Fsp3) is 0.600. The molecule has 0 aromatic heterocycles. The van der Waals surface area contributed by atoms with Crippen molar-refractivity contribution < 1.29 is 23.9 Å². The van der Waals surface area contributed by atoms with Crippen LogP contribution in [0.15, 0.2) is 30.3 Å². The van der Waals surface area contributed by atoms with Gasteiger partial charge in [-0.1, -0.05) is 43.7 Å². The largest absolute Gasteiger partial charge is 0.464 e. The number of ether oxygens (including phenoxy) is 1. The van der Waals surface area contributed by atoms with Crippen LogP contribution in [0.5, 0.6) is 0 Å². The summed E-state index contributed by atoms with van der Waals surface area (Å²) in [5, 5.41) is 8.16. The van der Waals surface area contributed by atoms with Crippen molar-refractivity contribution in [3.05, 3.63) is 35.9 Å². The molecule has 0 heterocycles. The Kier molecular flexibility index (Phi) is 12.2. The van der Waals surface area contributed by atoms with Gasteiger partial charge in [-0.15, -0.1) is 0 Å². The lowest BCUT2D eigenvalue weighted by Crippen LogP contribution is -2.51. The number of amides is 3. The lowest BCUT2D eigenvalue weighted by Gasteiger charge is -2.23. The van der Waals surface area contributed by atoms with E-state index in [-0.39, 0.29) is 31.1 Å². The van der Waals surface area contributed by atoms with Crippen LogP contribution in [0, 0.1) is 0 Å². The van der Waals surface area contributed by atoms with Crippen LogP contribution in [0.4, 0.5) is 0 Å². The Morgan fingerprint density at radius 1 is 0.970 bits per heavy atom. The maximum absolute atomic E-state index is 12.8. The number of hydrogen-bond acceptors (Lipinski definition) is 5. The van der Waals surface area contributed by atoms with Gasteiger partial charge in [0.2, 0.25) is 17.7 Å². The Morgan fingerprint density at radius 3 is 2.24 bits per heavy atom. The Bertz CT molecular complexity index is 774. The van der Waals surface area contributed by atoms with Gasteiger partial charge in [0.05, 0.1) is 6.61 Å². The van der Waals surface area contributed by atoms with Crippen molar-refractivity contribution in [3.8, 4) is 0 Å². The molecule has 0 unspecified atom stereocenters. The highest BCUT2D eigenvalue weighted by Crippen LogP contribution is 2.06. The van der Waals surface area contributed by atoms with Crippen molar-refractivity contribution in [1.82, 2.24) is 16.0 Å². The van der Waals surface area contributed by atoms with Crippen LogP contribution in [0.25, 0.3) is 0 Å². The van der Waals surface area contributed by atoms with Crippen LogP contribution in [0.1, 0.15) is 72.3 Å². The molecule has 0 radical (unpaired) electrons. The monoisotopic (exact) mass is 461 g/mol. The number of hydrogen-bond donors (Lipinski definition) is 3. The number of rotatable bonds is 13. The molecule has 0 saturated carbocycles. The Labute approximate surface area is 197 Å². The van der Waals surface area contributed by atoms with E-state index in [1.165, 1.54) is 6.92 Å². The molecule has 1 rings (SSSR count). The summed E-state index contributed by atoms with van der Waals surface area (Å²) >= 11 is 0. The number of nitrogens with one attached hydrogen (secondary N) is 3. The number of carbonyl (C=O) groups excluding carboxylic acids is 4. The Balaban J connectivity index is 2.72. The van der Waals surface area contributed by atoms with E-state index in [2.05, 4.69) is 16.0 Å². The normalized spacial score (nSPS) is 12.9. The second-order valence-electron chi connectivity index (χ2n) is 9.19. The van der Waals surface area contributed by atoms with Crippen molar-refractivity contribution >= 4 is 23.7 Å². The van der Waals surface area contributed by atoms with Gasteiger partial charge in [-0.25, -0.2) is 4.79 Å². The second kappa shape index (κ2) is 14.3. The van der Waals surface area contributed by atoms with E-state index >= 15 is 0 Å². The van der Waals surface area contributed by atoms with Gasteiger partial charge in [-0.2, -0.15) is 0 Å². The van der Waals surface area contributed by atoms with Crippen molar-refractivity contribution in [2.24, 2.45) is 0 Å². The fourth-order valence-electron chi connectivity index (χ4n) is 3.01. The SMILES string of the molecule is CCCCOC(=O)[C@H](C)NC(=O)[C@H](CCC(=O)NC(C)(C)C)NC(=O)CCc1ccccc1. The third-order valence-corrected chi connectivity index (χ3v) is 4.76. The smallest absolute Gasteiger partial charge is 0.328 e. The van der Waals surface area contributed by atoms with Gasteiger partial charge in [0, 0.05) is 18.4 Å². The van der Waals surface area contributed by atoms with Crippen molar-refractivity contribution in [2.75, 3.05) is 6.61 Å². The molecule has 0 spiro atoms. The minimum atomic E-state index is -0.940. The molecule has 0 aliphatic heterocycles. The van der Waals surface area contributed by atoms with E-state index in [1.54, 1.807) is 0 Å². The third-order valence-electron chi connectivity index (χ3n) is 4.76.